The molecule has 1 fully saturated rings. The maximum absolute atomic E-state index is 14.5. The van der Waals surface area contributed by atoms with Crippen molar-refractivity contribution < 1.29 is 27.8 Å². The van der Waals surface area contributed by atoms with E-state index in [9.17, 15) is 18.4 Å². The summed E-state index contributed by atoms with van der Waals surface area (Å²) in [5, 5.41) is 0. The van der Waals surface area contributed by atoms with Gasteiger partial charge in [-0.05, 0) is 38.8 Å². The van der Waals surface area contributed by atoms with Crippen LogP contribution in [-0.2, 0) is 9.53 Å². The second-order valence-corrected chi connectivity index (χ2v) is 7.30. The number of Topliss-reactive ketones (excluding diaryl/α,β-unsaturated/α-hetero) is 1. The van der Waals surface area contributed by atoms with Gasteiger partial charge in [-0.25, -0.2) is 9.18 Å². The lowest BCUT2D eigenvalue weighted by atomic mass is 9.88. The van der Waals surface area contributed by atoms with E-state index < -0.39 is 29.4 Å². The number of likely N-dealkylation sites (tertiary alicyclic amines) is 1. The second kappa shape index (κ2) is 6.98. The minimum Gasteiger partial charge on any atom is -0.494 e. The minimum absolute atomic E-state index is 0.0950. The molecule has 138 valence electrons. The molecule has 2 atom stereocenters. The third kappa shape index (κ3) is 4.08. The Morgan fingerprint density at radius 2 is 1.88 bits per heavy atom. The standard InChI is InChI=1S/C18H23F2NO4/c1-10-8-12(22)16(21(9-10)17(23)25-18(2,3)4)11-6-7-13(24-5)15(20)14(11)19/h6-7,10,16H,8-9H2,1-5H3/t10-,16+/m0/s1. The van der Waals surface area contributed by atoms with Gasteiger partial charge in [-0.1, -0.05) is 6.92 Å². The van der Waals surface area contributed by atoms with Crippen molar-refractivity contribution in [3.63, 3.8) is 0 Å². The first-order valence-electron chi connectivity index (χ1n) is 8.09. The largest absolute Gasteiger partial charge is 0.494 e. The Balaban J connectivity index is 2.46. The predicted octanol–water partition coefficient (Wildman–Crippen LogP) is 3.86. The topological polar surface area (TPSA) is 55.8 Å². The number of piperidine rings is 1. The highest BCUT2D eigenvalue weighted by Gasteiger charge is 2.41. The van der Waals surface area contributed by atoms with Gasteiger partial charge in [-0.15, -0.1) is 0 Å². The summed E-state index contributed by atoms with van der Waals surface area (Å²) >= 11 is 0. The Morgan fingerprint density at radius 3 is 2.44 bits per heavy atom. The van der Waals surface area contributed by atoms with Gasteiger partial charge in [-0.3, -0.25) is 9.69 Å². The molecule has 1 aromatic carbocycles. The summed E-state index contributed by atoms with van der Waals surface area (Å²) in [4.78, 5) is 26.2. The number of carbonyl (C=O) groups excluding carboxylic acids is 2. The van der Waals surface area contributed by atoms with Crippen molar-refractivity contribution in [3.8, 4) is 5.75 Å². The van der Waals surface area contributed by atoms with E-state index in [1.165, 1.54) is 24.1 Å². The van der Waals surface area contributed by atoms with Crippen molar-refractivity contribution in [2.24, 2.45) is 5.92 Å². The van der Waals surface area contributed by atoms with Gasteiger partial charge in [0.2, 0.25) is 5.82 Å². The summed E-state index contributed by atoms with van der Waals surface area (Å²) in [5.74, 6) is -3.09. The van der Waals surface area contributed by atoms with E-state index >= 15 is 0 Å². The molecule has 0 aliphatic carbocycles. The van der Waals surface area contributed by atoms with E-state index in [0.717, 1.165) is 0 Å². The molecule has 1 saturated heterocycles. The van der Waals surface area contributed by atoms with Gasteiger partial charge >= 0.3 is 6.09 Å². The van der Waals surface area contributed by atoms with Gasteiger partial charge in [0.15, 0.2) is 17.3 Å². The lowest BCUT2D eigenvalue weighted by Gasteiger charge is -2.38. The van der Waals surface area contributed by atoms with Gasteiger partial charge in [0.05, 0.1) is 7.11 Å². The van der Waals surface area contributed by atoms with Crippen LogP contribution in [0.5, 0.6) is 5.75 Å². The van der Waals surface area contributed by atoms with Crippen LogP contribution in [0.2, 0.25) is 0 Å². The zero-order chi connectivity index (χ0) is 18.9. The number of methoxy groups -OCH3 is 1. The zero-order valence-corrected chi connectivity index (χ0v) is 15.1. The quantitative estimate of drug-likeness (QED) is 0.808. The van der Waals surface area contributed by atoms with E-state index in [4.69, 9.17) is 9.47 Å². The molecule has 7 heteroatoms. The van der Waals surface area contributed by atoms with Crippen LogP contribution in [0, 0.1) is 17.6 Å². The molecule has 0 saturated carbocycles. The highest BCUT2D eigenvalue weighted by molar-refractivity contribution is 5.90. The Bertz CT molecular complexity index is 684. The van der Waals surface area contributed by atoms with Gasteiger partial charge in [-0.2, -0.15) is 4.39 Å². The lowest BCUT2D eigenvalue weighted by molar-refractivity contribution is -0.129. The first kappa shape index (κ1) is 19.1. The highest BCUT2D eigenvalue weighted by atomic mass is 19.2. The monoisotopic (exact) mass is 355 g/mol. The zero-order valence-electron chi connectivity index (χ0n) is 15.1. The molecule has 2 rings (SSSR count). The van der Waals surface area contributed by atoms with Crippen LogP contribution in [0.25, 0.3) is 0 Å². The second-order valence-electron chi connectivity index (χ2n) is 7.30. The van der Waals surface area contributed by atoms with Crippen LogP contribution in [0.3, 0.4) is 0 Å². The smallest absolute Gasteiger partial charge is 0.411 e. The van der Waals surface area contributed by atoms with E-state index in [1.807, 2.05) is 6.92 Å². The molecule has 25 heavy (non-hydrogen) atoms. The van der Waals surface area contributed by atoms with Gasteiger partial charge in [0.1, 0.15) is 11.6 Å². The first-order chi connectivity index (χ1) is 11.5. The summed E-state index contributed by atoms with van der Waals surface area (Å²) in [6.07, 6.45) is -0.551. The third-order valence-corrected chi connectivity index (χ3v) is 3.89. The highest BCUT2D eigenvalue weighted by Crippen LogP contribution is 2.35. The van der Waals surface area contributed by atoms with Crippen LogP contribution in [-0.4, -0.2) is 36.0 Å². The lowest BCUT2D eigenvalue weighted by Crippen LogP contribution is -2.48. The number of ether oxygens (including phenoxy) is 2. The Labute approximate surface area is 145 Å². The van der Waals surface area contributed by atoms with Crippen LogP contribution in [0.4, 0.5) is 13.6 Å². The SMILES string of the molecule is COc1ccc([C@@H]2C(=O)C[C@H](C)CN2C(=O)OC(C)(C)C)c(F)c1F. The van der Waals surface area contributed by atoms with Crippen LogP contribution < -0.4 is 4.74 Å². The van der Waals surface area contributed by atoms with Crippen molar-refractivity contribution in [2.75, 3.05) is 13.7 Å². The Morgan fingerprint density at radius 1 is 1.24 bits per heavy atom. The molecule has 1 aliphatic heterocycles. The van der Waals surface area contributed by atoms with E-state index in [2.05, 4.69) is 0 Å². The number of ketones is 1. The van der Waals surface area contributed by atoms with Gasteiger partial charge < -0.3 is 9.47 Å². The van der Waals surface area contributed by atoms with Crippen molar-refractivity contribution in [1.29, 1.82) is 0 Å². The first-order valence-corrected chi connectivity index (χ1v) is 8.09. The molecule has 0 bridgehead atoms. The summed E-state index contributed by atoms with van der Waals surface area (Å²) in [6, 6.07) is 1.30. The number of halogens is 2. The average Bonchev–Trinajstić information content (AvgIpc) is 2.48. The minimum atomic E-state index is -1.22. The summed E-state index contributed by atoms with van der Waals surface area (Å²) in [6.45, 7) is 7.13. The molecule has 1 aliphatic rings. The molecule has 0 radical (unpaired) electrons. The van der Waals surface area contributed by atoms with E-state index in [0.29, 0.717) is 0 Å². The molecule has 1 aromatic rings. The number of nitrogens with zero attached hydrogens (tertiary/aromatic N) is 1. The molecule has 0 unspecified atom stereocenters. The Kier molecular flexibility index (Phi) is 5.34. The fourth-order valence-corrected chi connectivity index (χ4v) is 2.89. The van der Waals surface area contributed by atoms with E-state index in [-0.39, 0.29) is 36.0 Å². The summed E-state index contributed by atoms with van der Waals surface area (Å²) < 4.78 is 38.6. The number of benzene rings is 1. The normalized spacial score (nSPS) is 21.2. The van der Waals surface area contributed by atoms with Crippen molar-refractivity contribution in [1.82, 2.24) is 4.90 Å². The van der Waals surface area contributed by atoms with Gasteiger partial charge in [0, 0.05) is 18.5 Å². The van der Waals surface area contributed by atoms with Crippen LogP contribution in [0.15, 0.2) is 12.1 Å². The molecule has 0 aromatic heterocycles. The number of amides is 1. The molecule has 1 heterocycles. The van der Waals surface area contributed by atoms with Crippen molar-refractivity contribution in [3.05, 3.63) is 29.3 Å². The molecule has 0 spiro atoms. The van der Waals surface area contributed by atoms with Crippen molar-refractivity contribution in [2.45, 2.75) is 45.8 Å². The van der Waals surface area contributed by atoms with Gasteiger partial charge in [0.25, 0.3) is 0 Å². The maximum atomic E-state index is 14.5. The number of hydrogen-bond donors (Lipinski definition) is 0. The molecule has 1 amide bonds. The molecule has 0 N–H and O–H groups in total. The molecular formula is C18H23F2NO4. The fraction of sp³-hybridized carbons (Fsp3) is 0.556. The maximum Gasteiger partial charge on any atom is 0.411 e. The fourth-order valence-electron chi connectivity index (χ4n) is 2.89. The van der Waals surface area contributed by atoms with Crippen LogP contribution in [0.1, 0.15) is 45.7 Å². The van der Waals surface area contributed by atoms with Crippen molar-refractivity contribution >= 4 is 11.9 Å². The number of carbonyl (C=O) groups is 2. The van der Waals surface area contributed by atoms with Crippen LogP contribution >= 0.6 is 0 Å². The number of hydrogen-bond acceptors (Lipinski definition) is 4. The average molecular weight is 355 g/mol. The summed E-state index contributed by atoms with van der Waals surface area (Å²) in [7, 11) is 1.22. The summed E-state index contributed by atoms with van der Waals surface area (Å²) in [5.41, 5.74) is -0.962. The predicted molar refractivity (Wildman–Crippen MR) is 87.4 cm³/mol. The third-order valence-electron chi connectivity index (χ3n) is 3.89. The molecule has 5 nitrogen and oxygen atoms in total. The Hall–Kier alpha value is -2.18. The van der Waals surface area contributed by atoms with E-state index in [1.54, 1.807) is 20.8 Å². The molecular weight excluding hydrogens is 332 g/mol. The number of rotatable bonds is 2.